The summed E-state index contributed by atoms with van der Waals surface area (Å²) < 4.78 is 1.66. The van der Waals surface area contributed by atoms with Crippen LogP contribution in [-0.4, -0.2) is 43.6 Å². The summed E-state index contributed by atoms with van der Waals surface area (Å²) in [6.07, 6.45) is 0.675. The van der Waals surface area contributed by atoms with E-state index in [1.165, 1.54) is 4.90 Å². The highest BCUT2D eigenvalue weighted by Crippen LogP contribution is 2.58. The predicted molar refractivity (Wildman–Crippen MR) is 180 cm³/mol. The van der Waals surface area contributed by atoms with E-state index < -0.39 is 28.2 Å². The van der Waals surface area contributed by atoms with Crippen LogP contribution in [0.2, 0.25) is 0 Å². The van der Waals surface area contributed by atoms with Crippen LogP contribution in [0.1, 0.15) is 72.1 Å². The first-order valence-corrected chi connectivity index (χ1v) is 15.9. The summed E-state index contributed by atoms with van der Waals surface area (Å²) >= 11 is 0. The van der Waals surface area contributed by atoms with Crippen molar-refractivity contribution >= 4 is 46.1 Å². The lowest BCUT2D eigenvalue weighted by molar-refractivity contribution is -0.184. The lowest BCUT2D eigenvalue weighted by Gasteiger charge is -2.55. The number of anilines is 2. The highest BCUT2D eigenvalue weighted by atomic mass is 16.4. The van der Waals surface area contributed by atoms with Gasteiger partial charge in [0.15, 0.2) is 0 Å². The fourth-order valence-corrected chi connectivity index (χ4v) is 7.72. The number of nitrogens with one attached hydrogen (secondary N) is 2. The summed E-state index contributed by atoms with van der Waals surface area (Å²) in [5.74, 6) is -1.23. The number of likely N-dealkylation sites (tertiary alicyclic amines) is 1. The van der Waals surface area contributed by atoms with E-state index in [2.05, 4.69) is 10.6 Å². The maximum Gasteiger partial charge on any atom is 0.324 e. The number of rotatable bonds is 6. The van der Waals surface area contributed by atoms with E-state index in [-0.39, 0.29) is 36.6 Å². The Labute approximate surface area is 274 Å². The minimum Gasteiger partial charge on any atom is -0.481 e. The molecule has 2 fully saturated rings. The number of fused-ring (bicyclic) bond motifs is 3. The Morgan fingerprint density at radius 2 is 1.49 bits per heavy atom. The topological polar surface area (TPSA) is 134 Å². The van der Waals surface area contributed by atoms with Crippen LogP contribution in [0.25, 0.3) is 16.5 Å². The third kappa shape index (κ3) is 5.77. The standard InChI is InChI=1S/C37H41N5O5/c1-34(2,3)28-18-29(39-33(47)38-27-16-10-13-24-12-7-8-15-26(24)27)42(40-28)25-14-9-11-23(17-25)19-41-30(43)35(4)20-36(5,31(41)44)22-37(6,21-35)32(45)46/h7-18H,19-22H2,1-6H3,(H,45,46)(H2,38,39,47). The summed E-state index contributed by atoms with van der Waals surface area (Å²) in [5, 5.41) is 22.7. The predicted octanol–water partition coefficient (Wildman–Crippen LogP) is 7.12. The molecule has 0 radical (unpaired) electrons. The number of carboxylic acids is 1. The number of hydrogen-bond acceptors (Lipinski definition) is 5. The van der Waals surface area contributed by atoms with Gasteiger partial charge in [-0.1, -0.05) is 83.1 Å². The van der Waals surface area contributed by atoms with Crippen molar-refractivity contribution in [2.24, 2.45) is 16.2 Å². The Morgan fingerprint density at radius 3 is 2.15 bits per heavy atom. The second-order valence-corrected chi connectivity index (χ2v) is 15.1. The van der Waals surface area contributed by atoms with E-state index >= 15 is 0 Å². The molecule has 2 unspecified atom stereocenters. The van der Waals surface area contributed by atoms with Gasteiger partial charge in [0, 0.05) is 27.7 Å². The molecule has 47 heavy (non-hydrogen) atoms. The Bertz CT molecular complexity index is 1910. The zero-order valence-electron chi connectivity index (χ0n) is 27.7. The number of carbonyl (C=O) groups excluding carboxylic acids is 3. The van der Waals surface area contributed by atoms with Gasteiger partial charge in [0.05, 0.1) is 29.0 Å². The highest BCUT2D eigenvalue weighted by molar-refractivity contribution is 6.06. The molecule has 1 aromatic heterocycles. The molecule has 3 aromatic carbocycles. The molecular formula is C37H41N5O5. The third-order valence-corrected chi connectivity index (χ3v) is 9.63. The van der Waals surface area contributed by atoms with Crippen LogP contribution >= 0.6 is 0 Å². The number of carboxylic acid groups (broad SMARTS) is 1. The number of nitrogens with zero attached hydrogens (tertiary/aromatic N) is 3. The van der Waals surface area contributed by atoms with Gasteiger partial charge in [-0.25, -0.2) is 9.48 Å². The van der Waals surface area contributed by atoms with Crippen LogP contribution in [0.3, 0.4) is 0 Å². The lowest BCUT2D eigenvalue weighted by atomic mass is 9.52. The van der Waals surface area contributed by atoms with Gasteiger partial charge in [-0.3, -0.25) is 24.6 Å². The molecule has 10 heteroatoms. The molecule has 10 nitrogen and oxygen atoms in total. The van der Waals surface area contributed by atoms with Gasteiger partial charge < -0.3 is 10.4 Å². The maximum atomic E-state index is 13.8. The van der Waals surface area contributed by atoms with Crippen molar-refractivity contribution in [1.82, 2.24) is 14.7 Å². The van der Waals surface area contributed by atoms with Gasteiger partial charge in [-0.2, -0.15) is 5.10 Å². The largest absolute Gasteiger partial charge is 0.481 e. The lowest BCUT2D eigenvalue weighted by Crippen LogP contribution is -2.63. The molecule has 6 rings (SSSR count). The number of aliphatic carboxylic acids is 1. The quantitative estimate of drug-likeness (QED) is 0.193. The van der Waals surface area contributed by atoms with Gasteiger partial charge in [0.2, 0.25) is 11.8 Å². The molecular weight excluding hydrogens is 594 g/mol. The normalized spacial score (nSPS) is 24.3. The van der Waals surface area contributed by atoms with Crippen molar-refractivity contribution in [3.8, 4) is 5.69 Å². The fourth-order valence-electron chi connectivity index (χ4n) is 7.72. The first kappa shape index (κ1) is 32.0. The second-order valence-electron chi connectivity index (χ2n) is 15.1. The van der Waals surface area contributed by atoms with Gasteiger partial charge in [0.1, 0.15) is 5.82 Å². The zero-order chi connectivity index (χ0) is 33.9. The Hall–Kier alpha value is -4.99. The SMILES string of the molecule is CC1(C(=O)O)CC2(C)CC(C)(C1)C(=O)N(Cc1cccc(-n3nc(C(C)(C)C)cc3NC(=O)Nc3cccc4ccccc34)c1)C2=O. The molecule has 0 spiro atoms. The van der Waals surface area contributed by atoms with Crippen LogP contribution in [0.4, 0.5) is 16.3 Å². The number of imide groups is 1. The van der Waals surface area contributed by atoms with Crippen molar-refractivity contribution in [2.45, 2.75) is 72.8 Å². The van der Waals surface area contributed by atoms with Gasteiger partial charge in [-0.15, -0.1) is 0 Å². The molecule has 4 amide bonds. The van der Waals surface area contributed by atoms with Crippen molar-refractivity contribution in [1.29, 1.82) is 0 Å². The van der Waals surface area contributed by atoms with Crippen molar-refractivity contribution in [3.63, 3.8) is 0 Å². The maximum absolute atomic E-state index is 13.8. The smallest absolute Gasteiger partial charge is 0.324 e. The first-order chi connectivity index (χ1) is 22.0. The number of aromatic nitrogens is 2. The molecule has 2 bridgehead atoms. The molecule has 2 heterocycles. The van der Waals surface area contributed by atoms with Crippen molar-refractivity contribution in [2.75, 3.05) is 10.6 Å². The van der Waals surface area contributed by atoms with E-state index in [1.807, 2.05) is 93.6 Å². The van der Waals surface area contributed by atoms with Crippen LogP contribution in [0.5, 0.6) is 0 Å². The monoisotopic (exact) mass is 635 g/mol. The molecule has 4 aromatic rings. The summed E-state index contributed by atoms with van der Waals surface area (Å²) in [5.41, 5.74) is -0.620. The number of benzene rings is 3. The van der Waals surface area contributed by atoms with Crippen LogP contribution < -0.4 is 10.6 Å². The molecule has 244 valence electrons. The zero-order valence-corrected chi connectivity index (χ0v) is 27.7. The average molecular weight is 636 g/mol. The van der Waals surface area contributed by atoms with Crippen molar-refractivity contribution in [3.05, 3.63) is 84.1 Å². The number of carbonyl (C=O) groups is 4. The van der Waals surface area contributed by atoms with E-state index in [0.717, 1.165) is 16.5 Å². The van der Waals surface area contributed by atoms with Gasteiger partial charge in [-0.05, 0) is 55.3 Å². The van der Waals surface area contributed by atoms with Crippen LogP contribution in [0.15, 0.2) is 72.8 Å². The minimum absolute atomic E-state index is 0.0399. The second kappa shape index (κ2) is 11.1. The number of amides is 4. The molecule has 2 atom stereocenters. The molecule has 3 N–H and O–H groups in total. The van der Waals surface area contributed by atoms with E-state index in [4.69, 9.17) is 5.10 Å². The summed E-state index contributed by atoms with van der Waals surface area (Å²) in [4.78, 5) is 54.5. The molecule has 1 aliphatic carbocycles. The molecule has 1 aliphatic heterocycles. The van der Waals surface area contributed by atoms with Crippen LogP contribution in [0, 0.1) is 16.2 Å². The highest BCUT2D eigenvalue weighted by Gasteiger charge is 2.63. The summed E-state index contributed by atoms with van der Waals surface area (Å²) in [6, 6.07) is 22.3. The van der Waals surface area contributed by atoms with Crippen LogP contribution in [-0.2, 0) is 26.3 Å². The van der Waals surface area contributed by atoms with Crippen molar-refractivity contribution < 1.29 is 24.3 Å². The summed E-state index contributed by atoms with van der Waals surface area (Å²) in [6.45, 7) is 11.4. The molecule has 1 saturated heterocycles. The number of urea groups is 1. The average Bonchev–Trinajstić information content (AvgIpc) is 3.43. The molecule has 2 aliphatic rings. The number of hydrogen-bond donors (Lipinski definition) is 3. The number of piperidine rings is 1. The van der Waals surface area contributed by atoms with Gasteiger partial charge in [0.25, 0.3) is 0 Å². The van der Waals surface area contributed by atoms with E-state index in [9.17, 15) is 24.3 Å². The Morgan fingerprint density at radius 1 is 0.851 bits per heavy atom. The molecule has 1 saturated carbocycles. The minimum atomic E-state index is -1.16. The fraction of sp³-hybridized carbons (Fsp3) is 0.378. The van der Waals surface area contributed by atoms with Gasteiger partial charge >= 0.3 is 12.0 Å². The summed E-state index contributed by atoms with van der Waals surface area (Å²) in [7, 11) is 0. The van der Waals surface area contributed by atoms with E-state index in [1.54, 1.807) is 25.5 Å². The third-order valence-electron chi connectivity index (χ3n) is 9.63. The van der Waals surface area contributed by atoms with E-state index in [0.29, 0.717) is 29.2 Å². The first-order valence-electron chi connectivity index (χ1n) is 15.9. The Kier molecular flexibility index (Phi) is 7.53. The Balaban J connectivity index is 1.29.